The molecular weight excluding hydrogens is 240 g/mol. The quantitative estimate of drug-likeness (QED) is 0.857. The fourth-order valence-corrected chi connectivity index (χ4v) is 2.31. The molecule has 0 radical (unpaired) electrons. The van der Waals surface area contributed by atoms with Gasteiger partial charge in [-0.3, -0.25) is 0 Å². The lowest BCUT2D eigenvalue weighted by Crippen LogP contribution is -2.22. The fraction of sp³-hybridized carbons (Fsp3) is 0.667. The van der Waals surface area contributed by atoms with Crippen molar-refractivity contribution in [2.45, 2.75) is 32.7 Å². The van der Waals surface area contributed by atoms with Gasteiger partial charge in [0.2, 0.25) is 5.88 Å². The van der Waals surface area contributed by atoms with Crippen molar-refractivity contribution >= 4 is 0 Å². The van der Waals surface area contributed by atoms with Gasteiger partial charge in [-0.15, -0.1) is 0 Å². The molecule has 2 rings (SSSR count). The van der Waals surface area contributed by atoms with E-state index >= 15 is 0 Å². The lowest BCUT2D eigenvalue weighted by Gasteiger charge is -2.22. The molecule has 1 aliphatic heterocycles. The summed E-state index contributed by atoms with van der Waals surface area (Å²) in [5.74, 6) is 1.33. The zero-order chi connectivity index (χ0) is 13.5. The second-order valence-electron chi connectivity index (χ2n) is 5.07. The lowest BCUT2D eigenvalue weighted by molar-refractivity contribution is 0.0490. The summed E-state index contributed by atoms with van der Waals surface area (Å²) in [5, 5.41) is 3.39. The highest BCUT2D eigenvalue weighted by Gasteiger charge is 2.15. The standard InChI is InChI=1S/C15H24N2O2/c1-3-16-12(2)14-4-7-17-15(10-14)19-11-13-5-8-18-9-6-13/h4,7,10,12-13,16H,3,5-6,8-9,11H2,1-2H3. The van der Waals surface area contributed by atoms with Crippen LogP contribution in [0.4, 0.5) is 0 Å². The highest BCUT2D eigenvalue weighted by Crippen LogP contribution is 2.19. The molecule has 2 heterocycles. The monoisotopic (exact) mass is 264 g/mol. The van der Waals surface area contributed by atoms with Crippen molar-refractivity contribution in [1.82, 2.24) is 10.3 Å². The molecule has 1 aromatic rings. The summed E-state index contributed by atoms with van der Waals surface area (Å²) in [7, 11) is 0. The van der Waals surface area contributed by atoms with Gasteiger partial charge in [-0.05, 0) is 43.9 Å². The van der Waals surface area contributed by atoms with E-state index in [1.807, 2.05) is 18.3 Å². The first-order valence-electron chi connectivity index (χ1n) is 7.19. The molecule has 0 bridgehead atoms. The van der Waals surface area contributed by atoms with Gasteiger partial charge in [0.1, 0.15) is 0 Å². The van der Waals surface area contributed by atoms with Crippen LogP contribution in [0, 0.1) is 5.92 Å². The Hall–Kier alpha value is -1.13. The Kier molecular flexibility index (Phi) is 5.61. The van der Waals surface area contributed by atoms with Crippen molar-refractivity contribution in [2.24, 2.45) is 5.92 Å². The molecule has 1 unspecified atom stereocenters. The molecule has 1 N–H and O–H groups in total. The van der Waals surface area contributed by atoms with Crippen LogP contribution in [-0.4, -0.2) is 31.3 Å². The predicted molar refractivity (Wildman–Crippen MR) is 75.4 cm³/mol. The van der Waals surface area contributed by atoms with E-state index in [1.165, 1.54) is 5.56 Å². The topological polar surface area (TPSA) is 43.4 Å². The number of hydrogen-bond acceptors (Lipinski definition) is 4. The van der Waals surface area contributed by atoms with E-state index in [2.05, 4.69) is 24.1 Å². The van der Waals surface area contributed by atoms with E-state index in [9.17, 15) is 0 Å². The van der Waals surface area contributed by atoms with Gasteiger partial charge >= 0.3 is 0 Å². The molecule has 1 aliphatic rings. The summed E-state index contributed by atoms with van der Waals surface area (Å²) in [4.78, 5) is 4.29. The highest BCUT2D eigenvalue weighted by atomic mass is 16.5. The number of ether oxygens (including phenoxy) is 2. The van der Waals surface area contributed by atoms with Crippen molar-refractivity contribution < 1.29 is 9.47 Å². The molecule has 0 aromatic carbocycles. The highest BCUT2D eigenvalue weighted by molar-refractivity contribution is 5.23. The maximum absolute atomic E-state index is 5.82. The minimum atomic E-state index is 0.332. The predicted octanol–water partition coefficient (Wildman–Crippen LogP) is 2.56. The Balaban J connectivity index is 1.87. The van der Waals surface area contributed by atoms with Gasteiger partial charge in [0.25, 0.3) is 0 Å². The number of aromatic nitrogens is 1. The normalized spacial score (nSPS) is 18.2. The number of rotatable bonds is 6. The van der Waals surface area contributed by atoms with Gasteiger partial charge in [-0.25, -0.2) is 4.98 Å². The van der Waals surface area contributed by atoms with Crippen LogP contribution in [0.1, 0.15) is 38.3 Å². The number of pyridine rings is 1. The molecule has 4 heteroatoms. The Bertz CT molecular complexity index is 378. The SMILES string of the molecule is CCNC(C)c1ccnc(OCC2CCOCC2)c1. The summed E-state index contributed by atoms with van der Waals surface area (Å²) >= 11 is 0. The third-order valence-corrected chi connectivity index (χ3v) is 3.58. The molecule has 1 fully saturated rings. The Morgan fingerprint density at radius 1 is 1.47 bits per heavy atom. The van der Waals surface area contributed by atoms with E-state index in [1.54, 1.807) is 0 Å². The second kappa shape index (κ2) is 7.46. The van der Waals surface area contributed by atoms with E-state index in [0.717, 1.165) is 45.1 Å². The first-order chi connectivity index (χ1) is 9.29. The Morgan fingerprint density at radius 3 is 3.00 bits per heavy atom. The third kappa shape index (κ3) is 4.48. The summed E-state index contributed by atoms with van der Waals surface area (Å²) in [6, 6.07) is 4.40. The average molecular weight is 264 g/mol. The molecular formula is C15H24N2O2. The lowest BCUT2D eigenvalue weighted by atomic mass is 10.0. The van der Waals surface area contributed by atoms with Crippen LogP contribution in [-0.2, 0) is 4.74 Å². The van der Waals surface area contributed by atoms with Crippen molar-refractivity contribution in [3.63, 3.8) is 0 Å². The minimum Gasteiger partial charge on any atom is -0.477 e. The Morgan fingerprint density at radius 2 is 2.26 bits per heavy atom. The van der Waals surface area contributed by atoms with Crippen LogP contribution >= 0.6 is 0 Å². The molecule has 106 valence electrons. The van der Waals surface area contributed by atoms with Crippen LogP contribution in [0.3, 0.4) is 0 Å². The first kappa shape index (κ1) is 14.3. The van der Waals surface area contributed by atoms with Gasteiger partial charge in [-0.2, -0.15) is 0 Å². The molecule has 4 nitrogen and oxygen atoms in total. The molecule has 0 saturated carbocycles. The van der Waals surface area contributed by atoms with Crippen LogP contribution in [0.25, 0.3) is 0 Å². The van der Waals surface area contributed by atoms with E-state index in [4.69, 9.17) is 9.47 Å². The van der Waals surface area contributed by atoms with Crippen molar-refractivity contribution in [1.29, 1.82) is 0 Å². The van der Waals surface area contributed by atoms with E-state index in [-0.39, 0.29) is 0 Å². The van der Waals surface area contributed by atoms with Gasteiger partial charge in [0, 0.05) is 31.5 Å². The van der Waals surface area contributed by atoms with Crippen molar-refractivity contribution in [3.05, 3.63) is 23.9 Å². The molecule has 0 aliphatic carbocycles. The van der Waals surface area contributed by atoms with Gasteiger partial charge in [0.05, 0.1) is 6.61 Å². The van der Waals surface area contributed by atoms with Gasteiger partial charge in [0.15, 0.2) is 0 Å². The molecule has 19 heavy (non-hydrogen) atoms. The minimum absolute atomic E-state index is 0.332. The van der Waals surface area contributed by atoms with Gasteiger partial charge in [-0.1, -0.05) is 6.92 Å². The van der Waals surface area contributed by atoms with E-state index in [0.29, 0.717) is 12.0 Å². The Labute approximate surface area is 115 Å². The van der Waals surface area contributed by atoms with Crippen LogP contribution in [0.2, 0.25) is 0 Å². The third-order valence-electron chi connectivity index (χ3n) is 3.58. The van der Waals surface area contributed by atoms with Crippen LogP contribution < -0.4 is 10.1 Å². The summed E-state index contributed by atoms with van der Waals surface area (Å²) in [6.45, 7) is 7.69. The van der Waals surface area contributed by atoms with Crippen molar-refractivity contribution in [2.75, 3.05) is 26.4 Å². The molecule has 1 aromatic heterocycles. The zero-order valence-electron chi connectivity index (χ0n) is 11.9. The average Bonchev–Trinajstić information content (AvgIpc) is 2.47. The molecule has 1 atom stereocenters. The number of nitrogens with one attached hydrogen (secondary N) is 1. The van der Waals surface area contributed by atoms with Gasteiger partial charge < -0.3 is 14.8 Å². The fourth-order valence-electron chi connectivity index (χ4n) is 2.31. The summed E-state index contributed by atoms with van der Waals surface area (Å²) in [6.07, 6.45) is 4.00. The molecule has 1 saturated heterocycles. The maximum Gasteiger partial charge on any atom is 0.213 e. The molecule has 0 amide bonds. The number of nitrogens with zero attached hydrogens (tertiary/aromatic N) is 1. The van der Waals surface area contributed by atoms with E-state index < -0.39 is 0 Å². The van der Waals surface area contributed by atoms with Crippen molar-refractivity contribution in [3.8, 4) is 5.88 Å². The molecule has 0 spiro atoms. The number of hydrogen-bond donors (Lipinski definition) is 1. The maximum atomic E-state index is 5.82. The summed E-state index contributed by atoms with van der Waals surface area (Å²) < 4.78 is 11.2. The van der Waals surface area contributed by atoms with Crippen LogP contribution in [0.15, 0.2) is 18.3 Å². The second-order valence-corrected chi connectivity index (χ2v) is 5.07. The zero-order valence-corrected chi connectivity index (χ0v) is 11.9. The summed E-state index contributed by atoms with van der Waals surface area (Å²) in [5.41, 5.74) is 1.22. The smallest absolute Gasteiger partial charge is 0.213 e. The largest absolute Gasteiger partial charge is 0.477 e. The van der Waals surface area contributed by atoms with Crippen LogP contribution in [0.5, 0.6) is 5.88 Å². The first-order valence-corrected chi connectivity index (χ1v) is 7.19.